The number of ether oxygens (including phenoxy) is 1. The molecule has 2 aromatic rings. The van der Waals surface area contributed by atoms with Gasteiger partial charge in [-0.1, -0.05) is 30.4 Å². The zero-order chi connectivity index (χ0) is 25.4. The summed E-state index contributed by atoms with van der Waals surface area (Å²) in [4.78, 5) is 26.7. The van der Waals surface area contributed by atoms with Crippen LogP contribution >= 0.6 is 24.0 Å². The van der Waals surface area contributed by atoms with Crippen molar-refractivity contribution in [2.24, 2.45) is 11.8 Å². The third-order valence-electron chi connectivity index (χ3n) is 7.46. The second-order valence-electron chi connectivity index (χ2n) is 9.81. The first-order valence-electron chi connectivity index (χ1n) is 12.3. The van der Waals surface area contributed by atoms with Crippen LogP contribution in [0.2, 0.25) is 0 Å². The van der Waals surface area contributed by atoms with Crippen LogP contribution in [-0.2, 0) is 16.0 Å². The van der Waals surface area contributed by atoms with E-state index in [0.717, 1.165) is 12.0 Å². The molecule has 2 aliphatic carbocycles. The van der Waals surface area contributed by atoms with Crippen molar-refractivity contribution in [2.45, 2.75) is 57.4 Å². The lowest BCUT2D eigenvalue weighted by Gasteiger charge is -2.30. The van der Waals surface area contributed by atoms with Crippen molar-refractivity contribution in [3.05, 3.63) is 40.5 Å². The lowest BCUT2D eigenvalue weighted by atomic mass is 9.94. The summed E-state index contributed by atoms with van der Waals surface area (Å²) in [5, 5.41) is 19.1. The molecule has 0 spiro atoms. The van der Waals surface area contributed by atoms with Crippen LogP contribution in [0.5, 0.6) is 11.5 Å². The van der Waals surface area contributed by atoms with Gasteiger partial charge in [-0.15, -0.1) is 0 Å². The van der Waals surface area contributed by atoms with Crippen molar-refractivity contribution in [3.63, 3.8) is 0 Å². The standard InChI is InChI=1S/C27H29NO6S2/c1-33-20-11-18(10-19(29)13-20)22-12-17(4-2-3-5-25(30)31)23(34-22)14-24-26(32)28(27(35)36-24)21-9-15-6-7-16(21)8-15/h10-16,21,29H,2-9H2,1H3,(H,30,31). The van der Waals surface area contributed by atoms with E-state index in [0.29, 0.717) is 63.2 Å². The molecule has 2 N–H and O–H groups in total. The zero-order valence-corrected chi connectivity index (χ0v) is 21.7. The molecule has 2 saturated carbocycles. The van der Waals surface area contributed by atoms with Gasteiger partial charge in [0.05, 0.1) is 12.0 Å². The van der Waals surface area contributed by atoms with Gasteiger partial charge in [-0.25, -0.2) is 0 Å². The number of benzene rings is 1. The lowest BCUT2D eigenvalue weighted by molar-refractivity contribution is -0.137. The number of unbranched alkanes of at least 4 members (excludes halogenated alkanes) is 1. The highest BCUT2D eigenvalue weighted by atomic mass is 32.2. The molecule has 5 rings (SSSR count). The molecule has 190 valence electrons. The van der Waals surface area contributed by atoms with Gasteiger partial charge in [0, 0.05) is 30.2 Å². The Morgan fingerprint density at radius 3 is 2.78 bits per heavy atom. The predicted octanol–water partition coefficient (Wildman–Crippen LogP) is 5.85. The Hall–Kier alpha value is -2.78. The summed E-state index contributed by atoms with van der Waals surface area (Å²) < 4.78 is 12.1. The van der Waals surface area contributed by atoms with E-state index >= 15 is 0 Å². The molecule has 1 aromatic heterocycles. The molecule has 3 fully saturated rings. The lowest BCUT2D eigenvalue weighted by Crippen LogP contribution is -2.41. The summed E-state index contributed by atoms with van der Waals surface area (Å²) in [6, 6.07) is 6.96. The molecule has 1 aliphatic heterocycles. The number of carboxylic acids is 1. The smallest absolute Gasteiger partial charge is 0.303 e. The third-order valence-corrected chi connectivity index (χ3v) is 8.79. The quantitative estimate of drug-likeness (QED) is 0.238. The van der Waals surface area contributed by atoms with Crippen molar-refractivity contribution < 1.29 is 29.0 Å². The number of methoxy groups -OCH3 is 1. The Morgan fingerprint density at radius 2 is 2.08 bits per heavy atom. The number of hydrogen-bond acceptors (Lipinski definition) is 7. The number of nitrogens with zero attached hydrogens (tertiary/aromatic N) is 1. The van der Waals surface area contributed by atoms with Gasteiger partial charge in [0.2, 0.25) is 0 Å². The summed E-state index contributed by atoms with van der Waals surface area (Å²) in [6.45, 7) is 0. The van der Waals surface area contributed by atoms with E-state index in [2.05, 4.69) is 0 Å². The number of carboxylic acid groups (broad SMARTS) is 1. The minimum absolute atomic E-state index is 0.0528. The van der Waals surface area contributed by atoms with Crippen molar-refractivity contribution >= 4 is 46.3 Å². The van der Waals surface area contributed by atoms with Gasteiger partial charge in [0.15, 0.2) is 0 Å². The minimum Gasteiger partial charge on any atom is -0.508 e. The van der Waals surface area contributed by atoms with E-state index in [4.69, 9.17) is 26.5 Å². The first-order chi connectivity index (χ1) is 17.3. The molecule has 1 amide bonds. The van der Waals surface area contributed by atoms with Crippen LogP contribution in [0.4, 0.5) is 0 Å². The average Bonchev–Trinajstić information content (AvgIpc) is 3.61. The Morgan fingerprint density at radius 1 is 1.25 bits per heavy atom. The number of hydrogen-bond donors (Lipinski definition) is 2. The topological polar surface area (TPSA) is 100 Å². The van der Waals surface area contributed by atoms with E-state index in [9.17, 15) is 14.7 Å². The number of amides is 1. The number of carbonyl (C=O) groups is 2. The van der Waals surface area contributed by atoms with Gasteiger partial charge in [0.25, 0.3) is 5.91 Å². The molecule has 3 aliphatic rings. The molecule has 3 atom stereocenters. The number of thioether (sulfide) groups is 1. The predicted molar refractivity (Wildman–Crippen MR) is 142 cm³/mol. The number of aromatic hydroxyl groups is 1. The number of furan rings is 1. The van der Waals surface area contributed by atoms with Crippen molar-refractivity contribution in [3.8, 4) is 22.8 Å². The van der Waals surface area contributed by atoms with E-state index < -0.39 is 5.97 Å². The fraction of sp³-hybridized carbons (Fsp3) is 0.444. The molecular weight excluding hydrogens is 498 g/mol. The van der Waals surface area contributed by atoms with E-state index in [1.165, 1.54) is 44.2 Å². The van der Waals surface area contributed by atoms with Crippen molar-refractivity contribution in [1.82, 2.24) is 4.90 Å². The van der Waals surface area contributed by atoms with Crippen molar-refractivity contribution in [1.29, 1.82) is 0 Å². The van der Waals surface area contributed by atoms with Crippen LogP contribution in [-0.4, -0.2) is 44.5 Å². The highest BCUT2D eigenvalue weighted by Gasteiger charge is 2.48. The maximum atomic E-state index is 13.4. The van der Waals surface area contributed by atoms with E-state index in [1.807, 2.05) is 11.0 Å². The monoisotopic (exact) mass is 527 g/mol. The van der Waals surface area contributed by atoms with E-state index in [1.54, 1.807) is 18.2 Å². The first-order valence-corrected chi connectivity index (χ1v) is 13.5. The van der Waals surface area contributed by atoms with Crippen LogP contribution in [0.15, 0.2) is 33.6 Å². The normalized spacial score (nSPS) is 24.3. The van der Waals surface area contributed by atoms with Gasteiger partial charge >= 0.3 is 5.97 Å². The summed E-state index contributed by atoms with van der Waals surface area (Å²) in [7, 11) is 1.53. The second-order valence-corrected chi connectivity index (χ2v) is 11.5. The van der Waals surface area contributed by atoms with Crippen LogP contribution in [0.3, 0.4) is 0 Å². The third kappa shape index (κ3) is 5.04. The number of rotatable bonds is 9. The summed E-state index contributed by atoms with van der Waals surface area (Å²) in [6.07, 6.45) is 8.33. The molecule has 36 heavy (non-hydrogen) atoms. The SMILES string of the molecule is COc1cc(O)cc(-c2cc(CCCCC(=O)O)c(C=C3SC(=S)N(C4CC5CCC4C5)C3=O)o2)c1. The molecule has 3 unspecified atom stereocenters. The number of phenols is 1. The molecule has 0 radical (unpaired) electrons. The van der Waals surface area contributed by atoms with Gasteiger partial charge in [-0.2, -0.15) is 0 Å². The highest BCUT2D eigenvalue weighted by molar-refractivity contribution is 8.26. The summed E-state index contributed by atoms with van der Waals surface area (Å²) in [5.74, 6) is 2.00. The van der Waals surface area contributed by atoms with Crippen LogP contribution in [0.25, 0.3) is 17.4 Å². The van der Waals surface area contributed by atoms with Gasteiger partial charge in [0.1, 0.15) is 27.3 Å². The number of aliphatic carboxylic acids is 1. The summed E-state index contributed by atoms with van der Waals surface area (Å²) >= 11 is 6.95. The van der Waals surface area contributed by atoms with Crippen LogP contribution in [0, 0.1) is 11.8 Å². The molecular formula is C27H29NO6S2. The molecule has 9 heteroatoms. The van der Waals surface area contributed by atoms with Gasteiger partial charge in [-0.3, -0.25) is 14.5 Å². The Kier molecular flexibility index (Phi) is 7.12. The largest absolute Gasteiger partial charge is 0.508 e. The van der Waals surface area contributed by atoms with Gasteiger partial charge in [-0.05, 0) is 74.1 Å². The van der Waals surface area contributed by atoms with Gasteiger partial charge < -0.3 is 19.4 Å². The number of carbonyl (C=O) groups excluding carboxylic acids is 1. The second kappa shape index (κ2) is 10.3. The van der Waals surface area contributed by atoms with E-state index in [-0.39, 0.29) is 24.1 Å². The first kappa shape index (κ1) is 24.9. The molecule has 1 saturated heterocycles. The number of thiocarbonyl (C=S) groups is 1. The zero-order valence-electron chi connectivity index (χ0n) is 20.1. The fourth-order valence-corrected chi connectivity index (χ4v) is 7.09. The Labute approximate surface area is 219 Å². The molecule has 2 bridgehead atoms. The maximum absolute atomic E-state index is 13.4. The average molecular weight is 528 g/mol. The Bertz CT molecular complexity index is 1230. The van der Waals surface area contributed by atoms with Crippen LogP contribution in [0.1, 0.15) is 56.3 Å². The fourth-order valence-electron chi connectivity index (χ4n) is 5.75. The molecule has 7 nitrogen and oxygen atoms in total. The molecule has 2 heterocycles. The highest BCUT2D eigenvalue weighted by Crippen LogP contribution is 2.49. The number of phenolic OH excluding ortho intramolecular Hbond substituents is 1. The number of fused-ring (bicyclic) bond motifs is 2. The maximum Gasteiger partial charge on any atom is 0.303 e. The minimum atomic E-state index is -0.820. The molecule has 1 aromatic carbocycles. The summed E-state index contributed by atoms with van der Waals surface area (Å²) in [5.41, 5.74) is 1.52. The number of aryl methyl sites for hydroxylation is 1. The van der Waals surface area contributed by atoms with Crippen LogP contribution < -0.4 is 4.74 Å². The Balaban J connectivity index is 1.43. The van der Waals surface area contributed by atoms with Crippen molar-refractivity contribution in [2.75, 3.05) is 7.11 Å².